The Morgan fingerprint density at radius 1 is 0.938 bits per heavy atom. The van der Waals surface area contributed by atoms with Crippen molar-refractivity contribution in [3.05, 3.63) is 65.4 Å². The molecule has 0 radical (unpaired) electrons. The van der Waals surface area contributed by atoms with Crippen molar-refractivity contribution in [1.29, 1.82) is 0 Å². The minimum atomic E-state index is -0.354. The summed E-state index contributed by atoms with van der Waals surface area (Å²) in [6.45, 7) is 10.8. The lowest BCUT2D eigenvalue weighted by molar-refractivity contribution is -0.137. The molecular weight excluding hydrogens is 404 g/mol. The number of amides is 2. The predicted octanol–water partition coefficient (Wildman–Crippen LogP) is 4.61. The summed E-state index contributed by atoms with van der Waals surface area (Å²) in [5.41, 5.74) is 3.24. The molecule has 1 heterocycles. The lowest BCUT2D eigenvalue weighted by Gasteiger charge is -2.19. The lowest BCUT2D eigenvalue weighted by Crippen LogP contribution is -2.35. The molecule has 0 bridgehead atoms. The van der Waals surface area contributed by atoms with E-state index in [9.17, 15) is 9.59 Å². The molecule has 170 valence electrons. The molecule has 0 atom stereocenters. The summed E-state index contributed by atoms with van der Waals surface area (Å²) in [5.74, 6) is -0.00463. The second-order valence-corrected chi connectivity index (χ2v) is 9.11. The van der Waals surface area contributed by atoms with Crippen LogP contribution in [0.2, 0.25) is 0 Å². The number of rotatable bonds is 8. The zero-order valence-corrected chi connectivity index (χ0v) is 19.7. The van der Waals surface area contributed by atoms with Crippen LogP contribution < -0.4 is 10.1 Å². The summed E-state index contributed by atoms with van der Waals surface area (Å²) in [7, 11) is 1.59. The van der Waals surface area contributed by atoms with E-state index in [2.05, 4.69) is 26.1 Å². The van der Waals surface area contributed by atoms with E-state index in [4.69, 9.17) is 9.47 Å². The van der Waals surface area contributed by atoms with Gasteiger partial charge in [-0.2, -0.15) is 0 Å². The van der Waals surface area contributed by atoms with E-state index in [1.165, 1.54) is 10.5 Å². The van der Waals surface area contributed by atoms with Crippen molar-refractivity contribution in [3.63, 3.8) is 0 Å². The molecule has 2 amide bonds. The first-order valence-corrected chi connectivity index (χ1v) is 10.9. The van der Waals surface area contributed by atoms with E-state index < -0.39 is 0 Å². The molecule has 0 unspecified atom stereocenters. The summed E-state index contributed by atoms with van der Waals surface area (Å²) in [6.07, 6.45) is 0.0238. The Morgan fingerprint density at radius 2 is 1.56 bits per heavy atom. The van der Waals surface area contributed by atoms with Crippen LogP contribution in [0, 0.1) is 0 Å². The third-order valence-corrected chi connectivity index (χ3v) is 5.33. The smallest absolute Gasteiger partial charge is 0.278 e. The average Bonchev–Trinajstić information content (AvgIpc) is 2.97. The van der Waals surface area contributed by atoms with Crippen LogP contribution in [0.3, 0.4) is 0 Å². The van der Waals surface area contributed by atoms with E-state index in [1.54, 1.807) is 31.4 Å². The van der Waals surface area contributed by atoms with Crippen molar-refractivity contribution >= 4 is 23.1 Å². The minimum Gasteiger partial charge on any atom is -0.497 e. The summed E-state index contributed by atoms with van der Waals surface area (Å²) in [6, 6.07) is 15.1. The highest BCUT2D eigenvalue weighted by atomic mass is 16.5. The van der Waals surface area contributed by atoms with Crippen molar-refractivity contribution in [3.8, 4) is 5.75 Å². The van der Waals surface area contributed by atoms with Crippen LogP contribution >= 0.6 is 0 Å². The fourth-order valence-electron chi connectivity index (χ4n) is 3.50. The number of nitrogens with one attached hydrogen (secondary N) is 1. The van der Waals surface area contributed by atoms with Gasteiger partial charge in [-0.05, 0) is 54.7 Å². The number of anilines is 1. The van der Waals surface area contributed by atoms with Crippen LogP contribution in [0.1, 0.15) is 45.7 Å². The Labute approximate surface area is 190 Å². The summed E-state index contributed by atoms with van der Waals surface area (Å²) in [5, 5.41) is 3.20. The molecule has 0 aromatic heterocycles. The van der Waals surface area contributed by atoms with Gasteiger partial charge in [0.2, 0.25) is 0 Å². The Hall–Kier alpha value is -3.12. The first-order valence-electron chi connectivity index (χ1n) is 10.9. The summed E-state index contributed by atoms with van der Waals surface area (Å²) >= 11 is 0. The Morgan fingerprint density at radius 3 is 2.09 bits per heavy atom. The van der Waals surface area contributed by atoms with Crippen LogP contribution in [0.15, 0.2) is 54.2 Å². The lowest BCUT2D eigenvalue weighted by atomic mass is 9.87. The molecular formula is C26H32N2O4. The van der Waals surface area contributed by atoms with Gasteiger partial charge in [-0.3, -0.25) is 14.5 Å². The monoisotopic (exact) mass is 436 g/mol. The van der Waals surface area contributed by atoms with Crippen LogP contribution in [0.4, 0.5) is 5.69 Å². The van der Waals surface area contributed by atoms with Crippen LogP contribution in [-0.4, -0.2) is 43.1 Å². The van der Waals surface area contributed by atoms with E-state index in [-0.39, 0.29) is 35.6 Å². The summed E-state index contributed by atoms with van der Waals surface area (Å²) < 4.78 is 10.8. The van der Waals surface area contributed by atoms with Gasteiger partial charge in [-0.1, -0.05) is 45.0 Å². The van der Waals surface area contributed by atoms with Gasteiger partial charge in [-0.15, -0.1) is 0 Å². The number of carbonyl (C=O) groups excluding carboxylic acids is 2. The van der Waals surface area contributed by atoms with Gasteiger partial charge in [0, 0.05) is 5.69 Å². The highest BCUT2D eigenvalue weighted by Crippen LogP contribution is 2.32. The Balaban J connectivity index is 1.94. The van der Waals surface area contributed by atoms with Crippen molar-refractivity contribution in [2.75, 3.05) is 25.6 Å². The molecule has 3 rings (SSSR count). The maximum Gasteiger partial charge on any atom is 0.278 e. The molecule has 6 nitrogen and oxygen atoms in total. The molecule has 2 aromatic carbocycles. The molecule has 2 aromatic rings. The second-order valence-electron chi connectivity index (χ2n) is 9.11. The van der Waals surface area contributed by atoms with E-state index >= 15 is 0 Å². The number of hydrogen-bond donors (Lipinski definition) is 1. The van der Waals surface area contributed by atoms with Gasteiger partial charge in [0.05, 0.1) is 31.9 Å². The quantitative estimate of drug-likeness (QED) is 0.612. The predicted molar refractivity (Wildman–Crippen MR) is 126 cm³/mol. The van der Waals surface area contributed by atoms with Crippen molar-refractivity contribution in [1.82, 2.24) is 4.90 Å². The molecule has 0 spiro atoms. The van der Waals surface area contributed by atoms with E-state index in [0.717, 1.165) is 5.69 Å². The van der Waals surface area contributed by atoms with Crippen LogP contribution in [0.5, 0.6) is 5.75 Å². The van der Waals surface area contributed by atoms with Gasteiger partial charge in [-0.25, -0.2) is 0 Å². The minimum absolute atomic E-state index is 0.0238. The molecule has 1 aliphatic rings. The third-order valence-electron chi connectivity index (χ3n) is 5.33. The number of imide groups is 1. The molecule has 0 aliphatic carbocycles. The number of nitrogens with zero attached hydrogens (tertiary/aromatic N) is 1. The maximum absolute atomic E-state index is 13.3. The first kappa shape index (κ1) is 23.5. The SMILES string of the molecule is COc1ccc(C2=C(Nc3ccc(C(C)(C)C)cc3)C(=O)N(CCOC(C)C)C2=O)cc1. The van der Waals surface area contributed by atoms with Gasteiger partial charge in [0.1, 0.15) is 11.4 Å². The molecule has 0 fully saturated rings. The topological polar surface area (TPSA) is 67.9 Å². The summed E-state index contributed by atoms with van der Waals surface area (Å²) in [4.78, 5) is 27.7. The standard InChI is InChI=1S/C26H32N2O4/c1-17(2)32-16-15-28-24(29)22(18-7-13-21(31-6)14-8-18)23(25(28)30)27-20-11-9-19(10-12-20)26(3,4)5/h7-14,17,27H,15-16H2,1-6H3. The van der Waals surface area contributed by atoms with Crippen LogP contribution in [-0.2, 0) is 19.7 Å². The number of hydrogen-bond acceptors (Lipinski definition) is 5. The highest BCUT2D eigenvalue weighted by molar-refractivity contribution is 6.36. The zero-order chi connectivity index (χ0) is 23.5. The molecule has 32 heavy (non-hydrogen) atoms. The first-order chi connectivity index (χ1) is 15.1. The Bertz CT molecular complexity index is 1000. The van der Waals surface area contributed by atoms with Crippen LogP contribution in [0.25, 0.3) is 5.57 Å². The molecule has 1 N–H and O–H groups in total. The molecule has 0 saturated carbocycles. The number of benzene rings is 2. The van der Waals surface area contributed by atoms with Gasteiger partial charge < -0.3 is 14.8 Å². The molecule has 6 heteroatoms. The number of ether oxygens (including phenoxy) is 2. The van der Waals surface area contributed by atoms with Crippen molar-refractivity contribution < 1.29 is 19.1 Å². The number of methoxy groups -OCH3 is 1. The Kier molecular flexibility index (Phi) is 7.04. The zero-order valence-electron chi connectivity index (χ0n) is 19.7. The largest absolute Gasteiger partial charge is 0.497 e. The highest BCUT2D eigenvalue weighted by Gasteiger charge is 2.39. The van der Waals surface area contributed by atoms with Gasteiger partial charge in [0.25, 0.3) is 11.8 Å². The number of carbonyl (C=O) groups is 2. The van der Waals surface area contributed by atoms with Crippen molar-refractivity contribution in [2.45, 2.75) is 46.1 Å². The fourth-order valence-corrected chi connectivity index (χ4v) is 3.50. The van der Waals surface area contributed by atoms with Crippen molar-refractivity contribution in [2.24, 2.45) is 0 Å². The molecule has 0 saturated heterocycles. The van der Waals surface area contributed by atoms with Gasteiger partial charge >= 0.3 is 0 Å². The van der Waals surface area contributed by atoms with Gasteiger partial charge in [0.15, 0.2) is 0 Å². The van der Waals surface area contributed by atoms with E-state index in [1.807, 2.05) is 38.1 Å². The normalized spacial score (nSPS) is 14.5. The third kappa shape index (κ3) is 5.19. The van der Waals surface area contributed by atoms with E-state index in [0.29, 0.717) is 23.5 Å². The fraction of sp³-hybridized carbons (Fsp3) is 0.385. The average molecular weight is 437 g/mol. The molecule has 1 aliphatic heterocycles. The second kappa shape index (κ2) is 9.57. The maximum atomic E-state index is 13.3.